The summed E-state index contributed by atoms with van der Waals surface area (Å²) in [7, 11) is 0. The summed E-state index contributed by atoms with van der Waals surface area (Å²) in [6, 6.07) is 1.88. The molecule has 3 rings (SSSR count). The molecule has 102 valence electrons. The van der Waals surface area contributed by atoms with E-state index in [0.717, 1.165) is 43.4 Å². The van der Waals surface area contributed by atoms with Gasteiger partial charge in [0, 0.05) is 24.9 Å². The van der Waals surface area contributed by atoms with Gasteiger partial charge in [-0.25, -0.2) is 0 Å². The molecule has 0 spiro atoms. The van der Waals surface area contributed by atoms with E-state index in [9.17, 15) is 9.59 Å². The molecular formula is C14H18N2O3. The average molecular weight is 262 g/mol. The maximum Gasteiger partial charge on any atom is 0.261 e. The number of aryl methyl sites for hydroxylation is 2. The number of fused-ring (bicyclic) bond motifs is 1. The van der Waals surface area contributed by atoms with Gasteiger partial charge in [-0.3, -0.25) is 9.59 Å². The SMILES string of the molecule is O=C(NC1CCOCC1)c1cc2c([nH]c1=O)CCC2. The van der Waals surface area contributed by atoms with Crippen LogP contribution >= 0.6 is 0 Å². The maximum atomic E-state index is 12.2. The number of rotatable bonds is 2. The fraction of sp³-hybridized carbons (Fsp3) is 0.571. The van der Waals surface area contributed by atoms with Crippen LogP contribution in [0.1, 0.15) is 40.9 Å². The van der Waals surface area contributed by atoms with E-state index in [1.165, 1.54) is 0 Å². The normalized spacial score (nSPS) is 19.2. The Morgan fingerprint density at radius 2 is 2.11 bits per heavy atom. The third-order valence-electron chi connectivity index (χ3n) is 3.89. The highest BCUT2D eigenvalue weighted by molar-refractivity contribution is 5.94. The molecule has 0 bridgehead atoms. The third kappa shape index (κ3) is 2.56. The number of amides is 1. The van der Waals surface area contributed by atoms with Gasteiger partial charge in [-0.1, -0.05) is 0 Å². The zero-order valence-electron chi connectivity index (χ0n) is 10.8. The number of aromatic nitrogens is 1. The molecule has 1 fully saturated rings. The first-order valence-corrected chi connectivity index (χ1v) is 6.88. The second-order valence-electron chi connectivity index (χ2n) is 5.23. The van der Waals surface area contributed by atoms with E-state index in [-0.39, 0.29) is 23.1 Å². The Kier molecular flexibility index (Phi) is 3.38. The van der Waals surface area contributed by atoms with Crippen LogP contribution in [0.25, 0.3) is 0 Å². The van der Waals surface area contributed by atoms with Gasteiger partial charge in [0.05, 0.1) is 0 Å². The summed E-state index contributed by atoms with van der Waals surface area (Å²) in [5.74, 6) is -0.261. The van der Waals surface area contributed by atoms with Gasteiger partial charge >= 0.3 is 0 Å². The minimum absolute atomic E-state index is 0.119. The fourth-order valence-corrected chi connectivity index (χ4v) is 2.79. The molecule has 1 aliphatic carbocycles. The summed E-state index contributed by atoms with van der Waals surface area (Å²) in [5, 5.41) is 2.93. The van der Waals surface area contributed by atoms with E-state index in [0.29, 0.717) is 13.2 Å². The lowest BCUT2D eigenvalue weighted by atomic mass is 10.1. The van der Waals surface area contributed by atoms with E-state index in [4.69, 9.17) is 4.74 Å². The van der Waals surface area contributed by atoms with Crippen LogP contribution in [0.5, 0.6) is 0 Å². The number of pyridine rings is 1. The first-order valence-electron chi connectivity index (χ1n) is 6.88. The van der Waals surface area contributed by atoms with Crippen molar-refractivity contribution in [1.82, 2.24) is 10.3 Å². The van der Waals surface area contributed by atoms with Gasteiger partial charge in [-0.15, -0.1) is 0 Å². The number of hydrogen-bond acceptors (Lipinski definition) is 3. The average Bonchev–Trinajstić information content (AvgIpc) is 2.86. The Morgan fingerprint density at radius 3 is 2.89 bits per heavy atom. The minimum atomic E-state index is -0.273. The molecule has 0 aromatic carbocycles. The van der Waals surface area contributed by atoms with Crippen molar-refractivity contribution in [2.24, 2.45) is 0 Å². The van der Waals surface area contributed by atoms with Crippen molar-refractivity contribution in [3.63, 3.8) is 0 Å². The standard InChI is InChI=1S/C14H18N2O3/c17-13(15-10-4-6-19-7-5-10)11-8-9-2-1-3-12(9)16-14(11)18/h8,10H,1-7H2,(H,15,17)(H,16,18). The van der Waals surface area contributed by atoms with Crippen LogP contribution in [-0.2, 0) is 17.6 Å². The van der Waals surface area contributed by atoms with Crippen LogP contribution in [0.15, 0.2) is 10.9 Å². The lowest BCUT2D eigenvalue weighted by molar-refractivity contribution is 0.0696. The monoisotopic (exact) mass is 262 g/mol. The second-order valence-corrected chi connectivity index (χ2v) is 5.23. The molecule has 0 unspecified atom stereocenters. The van der Waals surface area contributed by atoms with Gasteiger partial charge in [0.2, 0.25) is 0 Å². The molecule has 1 aromatic heterocycles. The molecule has 2 aliphatic rings. The van der Waals surface area contributed by atoms with Gasteiger partial charge in [0.25, 0.3) is 11.5 Å². The van der Waals surface area contributed by atoms with Crippen molar-refractivity contribution >= 4 is 5.91 Å². The predicted octanol–water partition coefficient (Wildman–Crippen LogP) is 0.772. The lowest BCUT2D eigenvalue weighted by Gasteiger charge is -2.23. The van der Waals surface area contributed by atoms with Gasteiger partial charge in [-0.05, 0) is 43.7 Å². The highest BCUT2D eigenvalue weighted by Crippen LogP contribution is 2.19. The predicted molar refractivity (Wildman–Crippen MR) is 70.4 cm³/mol. The number of aromatic amines is 1. The van der Waals surface area contributed by atoms with E-state index in [2.05, 4.69) is 10.3 Å². The van der Waals surface area contributed by atoms with E-state index >= 15 is 0 Å². The largest absolute Gasteiger partial charge is 0.381 e. The van der Waals surface area contributed by atoms with Crippen molar-refractivity contribution in [3.8, 4) is 0 Å². The molecule has 19 heavy (non-hydrogen) atoms. The molecule has 1 amide bonds. The van der Waals surface area contributed by atoms with Crippen molar-refractivity contribution < 1.29 is 9.53 Å². The van der Waals surface area contributed by atoms with Gasteiger partial charge in [0.15, 0.2) is 0 Å². The molecule has 0 saturated carbocycles. The third-order valence-corrected chi connectivity index (χ3v) is 3.89. The zero-order chi connectivity index (χ0) is 13.2. The molecule has 2 N–H and O–H groups in total. The molecule has 1 aromatic rings. The second kappa shape index (κ2) is 5.17. The molecule has 5 heteroatoms. The maximum absolute atomic E-state index is 12.2. The first kappa shape index (κ1) is 12.4. The van der Waals surface area contributed by atoms with E-state index < -0.39 is 0 Å². The summed E-state index contributed by atoms with van der Waals surface area (Å²) >= 11 is 0. The van der Waals surface area contributed by atoms with Crippen molar-refractivity contribution in [2.45, 2.75) is 38.1 Å². The fourth-order valence-electron chi connectivity index (χ4n) is 2.79. The Hall–Kier alpha value is -1.62. The highest BCUT2D eigenvalue weighted by atomic mass is 16.5. The lowest BCUT2D eigenvalue weighted by Crippen LogP contribution is -2.41. The highest BCUT2D eigenvalue weighted by Gasteiger charge is 2.21. The van der Waals surface area contributed by atoms with Crippen molar-refractivity contribution in [2.75, 3.05) is 13.2 Å². The number of nitrogens with one attached hydrogen (secondary N) is 2. The Balaban J connectivity index is 1.77. The summed E-state index contributed by atoms with van der Waals surface area (Å²) in [6.45, 7) is 1.34. The van der Waals surface area contributed by atoms with Crippen molar-refractivity contribution in [3.05, 3.63) is 33.2 Å². The number of hydrogen-bond donors (Lipinski definition) is 2. The summed E-state index contributed by atoms with van der Waals surface area (Å²) in [4.78, 5) is 26.9. The Bertz CT molecular complexity index is 544. The molecule has 5 nitrogen and oxygen atoms in total. The molecule has 0 radical (unpaired) electrons. The quantitative estimate of drug-likeness (QED) is 0.827. The summed E-state index contributed by atoms with van der Waals surface area (Å²) in [5.41, 5.74) is 2.07. The summed E-state index contributed by atoms with van der Waals surface area (Å²) in [6.07, 6.45) is 4.54. The minimum Gasteiger partial charge on any atom is -0.381 e. The zero-order valence-corrected chi connectivity index (χ0v) is 10.8. The van der Waals surface area contributed by atoms with Crippen LogP contribution in [0.2, 0.25) is 0 Å². The van der Waals surface area contributed by atoms with E-state index in [1.807, 2.05) is 0 Å². The Labute approximate surface area is 111 Å². The smallest absolute Gasteiger partial charge is 0.261 e. The van der Waals surface area contributed by atoms with Crippen LogP contribution in [0.3, 0.4) is 0 Å². The number of H-pyrrole nitrogens is 1. The number of carbonyl (C=O) groups excluding carboxylic acids is 1. The van der Waals surface area contributed by atoms with Crippen LogP contribution in [0.4, 0.5) is 0 Å². The van der Waals surface area contributed by atoms with Gasteiger partial charge in [0.1, 0.15) is 5.56 Å². The first-order chi connectivity index (χ1) is 9.24. The Morgan fingerprint density at radius 1 is 1.32 bits per heavy atom. The van der Waals surface area contributed by atoms with E-state index in [1.54, 1.807) is 6.07 Å². The number of ether oxygens (including phenoxy) is 1. The molecule has 1 aliphatic heterocycles. The van der Waals surface area contributed by atoms with Crippen LogP contribution in [0, 0.1) is 0 Å². The molecule has 2 heterocycles. The molecular weight excluding hydrogens is 244 g/mol. The van der Waals surface area contributed by atoms with Crippen LogP contribution < -0.4 is 10.9 Å². The topological polar surface area (TPSA) is 71.2 Å². The van der Waals surface area contributed by atoms with Crippen molar-refractivity contribution in [1.29, 1.82) is 0 Å². The van der Waals surface area contributed by atoms with Gasteiger partial charge in [-0.2, -0.15) is 0 Å². The van der Waals surface area contributed by atoms with Crippen LogP contribution in [-0.4, -0.2) is 30.1 Å². The summed E-state index contributed by atoms with van der Waals surface area (Å²) < 4.78 is 5.25. The molecule has 0 atom stereocenters. The number of carbonyl (C=O) groups is 1. The molecule has 1 saturated heterocycles. The van der Waals surface area contributed by atoms with Gasteiger partial charge < -0.3 is 15.0 Å².